The molecule has 2 rings (SSSR count). The summed E-state index contributed by atoms with van der Waals surface area (Å²) in [5.41, 5.74) is 10.1. The molecule has 0 spiro atoms. The van der Waals surface area contributed by atoms with E-state index in [1.807, 2.05) is 25.1 Å². The SMILES string of the molecule is CCc1c(N)ccc2nc(C)ccc12. The monoisotopic (exact) mass is 186 g/mol. The average molecular weight is 186 g/mol. The van der Waals surface area contributed by atoms with Gasteiger partial charge in [0.25, 0.3) is 0 Å². The van der Waals surface area contributed by atoms with E-state index in [1.165, 1.54) is 10.9 Å². The van der Waals surface area contributed by atoms with Gasteiger partial charge in [0.15, 0.2) is 0 Å². The van der Waals surface area contributed by atoms with Crippen LogP contribution in [0.15, 0.2) is 24.3 Å². The molecule has 2 aromatic rings. The molecule has 2 heteroatoms. The van der Waals surface area contributed by atoms with Crippen molar-refractivity contribution in [2.24, 2.45) is 0 Å². The normalized spacial score (nSPS) is 10.7. The van der Waals surface area contributed by atoms with Crippen molar-refractivity contribution in [2.75, 3.05) is 5.73 Å². The molecule has 1 aromatic carbocycles. The van der Waals surface area contributed by atoms with Crippen molar-refractivity contribution < 1.29 is 0 Å². The van der Waals surface area contributed by atoms with Crippen LogP contribution in [0.2, 0.25) is 0 Å². The maximum Gasteiger partial charge on any atom is 0.0709 e. The molecule has 0 amide bonds. The van der Waals surface area contributed by atoms with Crippen LogP contribution in [0.1, 0.15) is 18.2 Å². The topological polar surface area (TPSA) is 38.9 Å². The summed E-state index contributed by atoms with van der Waals surface area (Å²) in [5, 5.41) is 1.18. The minimum atomic E-state index is 0.866. The van der Waals surface area contributed by atoms with Crippen LogP contribution in [-0.4, -0.2) is 4.98 Å². The number of pyridine rings is 1. The zero-order chi connectivity index (χ0) is 10.1. The van der Waals surface area contributed by atoms with Gasteiger partial charge in [-0.3, -0.25) is 4.98 Å². The molecule has 0 saturated carbocycles. The number of rotatable bonds is 1. The Morgan fingerprint density at radius 1 is 1.21 bits per heavy atom. The van der Waals surface area contributed by atoms with Crippen LogP contribution >= 0.6 is 0 Å². The molecule has 0 bridgehead atoms. The Kier molecular flexibility index (Phi) is 2.12. The highest BCUT2D eigenvalue weighted by atomic mass is 14.7. The van der Waals surface area contributed by atoms with Gasteiger partial charge >= 0.3 is 0 Å². The van der Waals surface area contributed by atoms with Crippen molar-refractivity contribution in [1.29, 1.82) is 0 Å². The Balaban J connectivity index is 2.82. The van der Waals surface area contributed by atoms with E-state index in [1.54, 1.807) is 0 Å². The van der Waals surface area contributed by atoms with E-state index >= 15 is 0 Å². The predicted octanol–water partition coefficient (Wildman–Crippen LogP) is 2.69. The minimum absolute atomic E-state index is 0.866. The van der Waals surface area contributed by atoms with Gasteiger partial charge in [-0.25, -0.2) is 0 Å². The fourth-order valence-electron chi connectivity index (χ4n) is 1.78. The minimum Gasteiger partial charge on any atom is -0.398 e. The number of nitrogen functional groups attached to an aromatic ring is 1. The van der Waals surface area contributed by atoms with Crippen molar-refractivity contribution in [2.45, 2.75) is 20.3 Å². The van der Waals surface area contributed by atoms with Crippen LogP contribution in [0.5, 0.6) is 0 Å². The lowest BCUT2D eigenvalue weighted by atomic mass is 10.0. The first-order valence-corrected chi connectivity index (χ1v) is 4.87. The zero-order valence-corrected chi connectivity index (χ0v) is 8.54. The van der Waals surface area contributed by atoms with E-state index < -0.39 is 0 Å². The number of hydrogen-bond acceptors (Lipinski definition) is 2. The molecule has 1 aromatic heterocycles. The molecule has 0 aliphatic heterocycles. The lowest BCUT2D eigenvalue weighted by molar-refractivity contribution is 1.15. The average Bonchev–Trinajstić information content (AvgIpc) is 2.18. The smallest absolute Gasteiger partial charge is 0.0709 e. The van der Waals surface area contributed by atoms with E-state index in [-0.39, 0.29) is 0 Å². The molecule has 1 heterocycles. The molecule has 0 fully saturated rings. The van der Waals surface area contributed by atoms with Gasteiger partial charge in [0.2, 0.25) is 0 Å². The Morgan fingerprint density at radius 3 is 2.71 bits per heavy atom. The van der Waals surface area contributed by atoms with E-state index in [0.717, 1.165) is 23.3 Å². The highest BCUT2D eigenvalue weighted by molar-refractivity contribution is 5.86. The van der Waals surface area contributed by atoms with E-state index in [2.05, 4.69) is 18.0 Å². The number of fused-ring (bicyclic) bond motifs is 1. The summed E-state index contributed by atoms with van der Waals surface area (Å²) in [6, 6.07) is 8.05. The molecule has 0 atom stereocenters. The lowest BCUT2D eigenvalue weighted by Crippen LogP contribution is -1.95. The summed E-state index contributed by atoms with van der Waals surface area (Å²) < 4.78 is 0. The molecule has 0 aliphatic rings. The van der Waals surface area contributed by atoms with Gasteiger partial charge in [-0.2, -0.15) is 0 Å². The van der Waals surface area contributed by atoms with Crippen LogP contribution < -0.4 is 5.73 Å². The summed E-state index contributed by atoms with van der Waals surface area (Å²) in [6.07, 6.45) is 0.952. The van der Waals surface area contributed by atoms with Crippen molar-refractivity contribution in [3.05, 3.63) is 35.5 Å². The van der Waals surface area contributed by atoms with E-state index in [4.69, 9.17) is 5.73 Å². The number of benzene rings is 1. The van der Waals surface area contributed by atoms with Gasteiger partial charge < -0.3 is 5.73 Å². The molecule has 0 unspecified atom stereocenters. The van der Waals surface area contributed by atoms with Crippen molar-refractivity contribution in [3.8, 4) is 0 Å². The molecular weight excluding hydrogens is 172 g/mol. The molecule has 72 valence electrons. The number of nitrogens with zero attached hydrogens (tertiary/aromatic N) is 1. The number of anilines is 1. The third-order valence-electron chi connectivity index (χ3n) is 2.51. The fraction of sp³-hybridized carbons (Fsp3) is 0.250. The first kappa shape index (κ1) is 9.00. The van der Waals surface area contributed by atoms with Crippen LogP contribution in [0.25, 0.3) is 10.9 Å². The first-order chi connectivity index (χ1) is 6.72. The van der Waals surface area contributed by atoms with Gasteiger partial charge in [0.05, 0.1) is 5.52 Å². The van der Waals surface area contributed by atoms with Gasteiger partial charge in [0.1, 0.15) is 0 Å². The molecule has 0 aliphatic carbocycles. The third-order valence-corrected chi connectivity index (χ3v) is 2.51. The number of hydrogen-bond donors (Lipinski definition) is 1. The maximum absolute atomic E-state index is 5.91. The molecule has 2 nitrogen and oxygen atoms in total. The van der Waals surface area contributed by atoms with Crippen LogP contribution in [0.4, 0.5) is 5.69 Å². The van der Waals surface area contributed by atoms with Gasteiger partial charge in [-0.05, 0) is 37.1 Å². The summed E-state index contributed by atoms with van der Waals surface area (Å²) in [5.74, 6) is 0. The van der Waals surface area contributed by atoms with Crippen LogP contribution in [0, 0.1) is 6.92 Å². The highest BCUT2D eigenvalue weighted by Crippen LogP contribution is 2.23. The maximum atomic E-state index is 5.91. The number of aromatic nitrogens is 1. The Hall–Kier alpha value is -1.57. The second kappa shape index (κ2) is 3.29. The quantitative estimate of drug-likeness (QED) is 0.695. The van der Waals surface area contributed by atoms with Crippen LogP contribution in [-0.2, 0) is 6.42 Å². The molecule has 2 N–H and O–H groups in total. The zero-order valence-electron chi connectivity index (χ0n) is 8.54. The summed E-state index contributed by atoms with van der Waals surface area (Å²) in [6.45, 7) is 4.12. The number of aryl methyl sites for hydroxylation is 2. The van der Waals surface area contributed by atoms with Crippen LogP contribution in [0.3, 0.4) is 0 Å². The van der Waals surface area contributed by atoms with Crippen molar-refractivity contribution >= 4 is 16.6 Å². The first-order valence-electron chi connectivity index (χ1n) is 4.87. The van der Waals surface area contributed by atoms with Crippen molar-refractivity contribution in [1.82, 2.24) is 4.98 Å². The summed E-state index contributed by atoms with van der Waals surface area (Å²) in [7, 11) is 0. The number of nitrogens with two attached hydrogens (primary N) is 1. The predicted molar refractivity (Wildman–Crippen MR) is 60.3 cm³/mol. The van der Waals surface area contributed by atoms with Crippen molar-refractivity contribution in [3.63, 3.8) is 0 Å². The Labute approximate surface area is 83.8 Å². The lowest BCUT2D eigenvalue weighted by Gasteiger charge is -2.07. The third kappa shape index (κ3) is 1.33. The highest BCUT2D eigenvalue weighted by Gasteiger charge is 2.03. The van der Waals surface area contributed by atoms with Gasteiger partial charge in [0, 0.05) is 16.8 Å². The Bertz CT molecular complexity index is 475. The second-order valence-electron chi connectivity index (χ2n) is 3.51. The van der Waals surface area contributed by atoms with Gasteiger partial charge in [-0.15, -0.1) is 0 Å². The van der Waals surface area contributed by atoms with E-state index in [0.29, 0.717) is 0 Å². The van der Waals surface area contributed by atoms with Gasteiger partial charge in [-0.1, -0.05) is 13.0 Å². The van der Waals surface area contributed by atoms with E-state index in [9.17, 15) is 0 Å². The summed E-state index contributed by atoms with van der Waals surface area (Å²) >= 11 is 0. The largest absolute Gasteiger partial charge is 0.398 e. The second-order valence-corrected chi connectivity index (χ2v) is 3.51. The summed E-state index contributed by atoms with van der Waals surface area (Å²) in [4.78, 5) is 4.47. The molecular formula is C12H14N2. The Morgan fingerprint density at radius 2 is 2.00 bits per heavy atom. The fourth-order valence-corrected chi connectivity index (χ4v) is 1.78. The standard InChI is InChI=1S/C12H14N2/c1-3-9-10-5-4-8(2)14-12(10)7-6-11(9)13/h4-7H,3,13H2,1-2H3. The molecule has 0 saturated heterocycles. The molecule has 0 radical (unpaired) electrons. The molecule has 14 heavy (non-hydrogen) atoms.